The highest BCUT2D eigenvalue weighted by molar-refractivity contribution is 5.64. The predicted molar refractivity (Wildman–Crippen MR) is 101 cm³/mol. The average Bonchev–Trinajstić information content (AvgIpc) is 2.79. The number of rotatable bonds is 3. The van der Waals surface area contributed by atoms with E-state index in [0.717, 1.165) is 30.3 Å². The average molecular weight is 324 g/mol. The van der Waals surface area contributed by atoms with Crippen LogP contribution >= 0.6 is 0 Å². The molecule has 1 aliphatic rings. The number of aromatic nitrogens is 2. The molecule has 0 radical (unpaired) electrons. The van der Waals surface area contributed by atoms with Gasteiger partial charge in [0.2, 0.25) is 5.95 Å². The van der Waals surface area contributed by atoms with Crippen molar-refractivity contribution >= 4 is 17.5 Å². The Kier molecular flexibility index (Phi) is 5.03. The summed E-state index contributed by atoms with van der Waals surface area (Å²) in [6.07, 6.45) is 5.16. The molecule has 1 aliphatic heterocycles. The van der Waals surface area contributed by atoms with Crippen molar-refractivity contribution in [3.05, 3.63) is 40.6 Å². The zero-order valence-electron chi connectivity index (χ0n) is 15.3. The van der Waals surface area contributed by atoms with E-state index in [2.05, 4.69) is 54.2 Å². The van der Waals surface area contributed by atoms with Crippen LogP contribution in [-0.4, -0.2) is 23.1 Å². The molecule has 24 heavy (non-hydrogen) atoms. The maximum Gasteiger partial charge on any atom is 0.229 e. The fourth-order valence-electron chi connectivity index (χ4n) is 3.56. The smallest absolute Gasteiger partial charge is 0.229 e. The van der Waals surface area contributed by atoms with Crippen LogP contribution in [0.4, 0.5) is 17.5 Å². The minimum absolute atomic E-state index is 0.698. The molecule has 0 saturated carbocycles. The van der Waals surface area contributed by atoms with Gasteiger partial charge in [0.05, 0.1) is 0 Å². The first-order valence-electron chi connectivity index (χ1n) is 8.98. The molecule has 3 rings (SSSR count). The molecule has 0 aliphatic carbocycles. The summed E-state index contributed by atoms with van der Waals surface area (Å²) in [5.74, 6) is 1.75. The third kappa shape index (κ3) is 3.86. The van der Waals surface area contributed by atoms with Gasteiger partial charge in [-0.15, -0.1) is 0 Å². The molecule has 4 heteroatoms. The molecule has 0 unspecified atom stereocenters. The Hall–Kier alpha value is -2.10. The van der Waals surface area contributed by atoms with Gasteiger partial charge >= 0.3 is 0 Å². The van der Waals surface area contributed by atoms with Gasteiger partial charge in [-0.3, -0.25) is 0 Å². The molecule has 1 aromatic heterocycles. The van der Waals surface area contributed by atoms with Crippen LogP contribution in [0.1, 0.15) is 48.1 Å². The molecule has 0 atom stereocenters. The van der Waals surface area contributed by atoms with Gasteiger partial charge in [0.15, 0.2) is 0 Å². The molecule has 0 amide bonds. The van der Waals surface area contributed by atoms with E-state index in [1.54, 1.807) is 0 Å². The SMILES string of the molecule is Cc1cc(C)c(Nc2nc(C)cc(N3CCCCCC3)n2)c(C)c1. The van der Waals surface area contributed by atoms with Crippen LogP contribution in [-0.2, 0) is 0 Å². The van der Waals surface area contributed by atoms with Crippen LogP contribution in [0, 0.1) is 27.7 Å². The van der Waals surface area contributed by atoms with Crippen LogP contribution in [0.3, 0.4) is 0 Å². The molecule has 0 spiro atoms. The van der Waals surface area contributed by atoms with Gasteiger partial charge in [0.25, 0.3) is 0 Å². The van der Waals surface area contributed by atoms with E-state index in [9.17, 15) is 0 Å². The lowest BCUT2D eigenvalue weighted by atomic mass is 10.1. The van der Waals surface area contributed by atoms with Gasteiger partial charge in [-0.1, -0.05) is 30.5 Å². The normalized spacial score (nSPS) is 15.2. The summed E-state index contributed by atoms with van der Waals surface area (Å²) < 4.78 is 0. The fourth-order valence-corrected chi connectivity index (χ4v) is 3.56. The monoisotopic (exact) mass is 324 g/mol. The van der Waals surface area contributed by atoms with Crippen LogP contribution < -0.4 is 10.2 Å². The number of nitrogens with zero attached hydrogens (tertiary/aromatic N) is 3. The summed E-state index contributed by atoms with van der Waals surface area (Å²) in [5.41, 5.74) is 5.87. The second-order valence-electron chi connectivity index (χ2n) is 6.99. The van der Waals surface area contributed by atoms with Gasteiger partial charge in [-0.25, -0.2) is 4.98 Å². The molecular weight excluding hydrogens is 296 g/mol. The summed E-state index contributed by atoms with van der Waals surface area (Å²) in [4.78, 5) is 11.8. The van der Waals surface area contributed by atoms with E-state index in [0.29, 0.717) is 5.95 Å². The Bertz CT molecular complexity index is 693. The van der Waals surface area contributed by atoms with Crippen molar-refractivity contribution in [2.45, 2.75) is 53.4 Å². The lowest BCUT2D eigenvalue weighted by Crippen LogP contribution is -2.25. The first-order chi connectivity index (χ1) is 11.5. The van der Waals surface area contributed by atoms with Crippen molar-refractivity contribution < 1.29 is 0 Å². The molecular formula is C20H28N4. The van der Waals surface area contributed by atoms with Gasteiger partial charge < -0.3 is 10.2 Å². The van der Waals surface area contributed by atoms with Crippen LogP contribution in [0.25, 0.3) is 0 Å². The second-order valence-corrected chi connectivity index (χ2v) is 6.99. The third-order valence-electron chi connectivity index (χ3n) is 4.68. The number of benzene rings is 1. The fraction of sp³-hybridized carbons (Fsp3) is 0.500. The first-order valence-corrected chi connectivity index (χ1v) is 8.98. The van der Waals surface area contributed by atoms with E-state index in [1.807, 2.05) is 6.92 Å². The summed E-state index contributed by atoms with van der Waals surface area (Å²) in [6.45, 7) is 10.6. The number of anilines is 3. The van der Waals surface area contributed by atoms with E-state index < -0.39 is 0 Å². The van der Waals surface area contributed by atoms with Crippen molar-refractivity contribution in [1.29, 1.82) is 0 Å². The Morgan fingerprint density at radius 2 is 1.46 bits per heavy atom. The number of aryl methyl sites for hydroxylation is 4. The highest BCUT2D eigenvalue weighted by Crippen LogP contribution is 2.26. The highest BCUT2D eigenvalue weighted by atomic mass is 15.2. The molecule has 1 saturated heterocycles. The topological polar surface area (TPSA) is 41.1 Å². The minimum atomic E-state index is 0.698. The number of hydrogen-bond donors (Lipinski definition) is 1. The quantitative estimate of drug-likeness (QED) is 0.877. The lowest BCUT2D eigenvalue weighted by Gasteiger charge is -2.22. The molecule has 2 heterocycles. The largest absolute Gasteiger partial charge is 0.356 e. The molecule has 4 nitrogen and oxygen atoms in total. The number of hydrogen-bond acceptors (Lipinski definition) is 4. The Morgan fingerprint density at radius 1 is 0.833 bits per heavy atom. The summed E-state index contributed by atoms with van der Waals surface area (Å²) in [6, 6.07) is 6.49. The second kappa shape index (κ2) is 7.20. The summed E-state index contributed by atoms with van der Waals surface area (Å²) >= 11 is 0. The minimum Gasteiger partial charge on any atom is -0.356 e. The Labute approximate surface area is 145 Å². The van der Waals surface area contributed by atoms with Gasteiger partial charge in [0.1, 0.15) is 5.82 Å². The maximum absolute atomic E-state index is 4.80. The third-order valence-corrected chi connectivity index (χ3v) is 4.68. The van der Waals surface area contributed by atoms with Crippen LogP contribution in [0.15, 0.2) is 18.2 Å². The molecule has 1 fully saturated rings. The van der Waals surface area contributed by atoms with Gasteiger partial charge in [0, 0.05) is 30.5 Å². The van der Waals surface area contributed by atoms with Crippen LogP contribution in [0.5, 0.6) is 0 Å². The standard InChI is InChI=1S/C20H28N4/c1-14-11-15(2)19(16(3)12-14)23-20-21-17(4)13-18(22-20)24-9-7-5-6-8-10-24/h11-13H,5-10H2,1-4H3,(H,21,22,23). The molecule has 2 aromatic rings. The Morgan fingerprint density at radius 3 is 2.08 bits per heavy atom. The van der Waals surface area contributed by atoms with E-state index in [1.165, 1.54) is 42.4 Å². The van der Waals surface area contributed by atoms with Crippen LogP contribution in [0.2, 0.25) is 0 Å². The van der Waals surface area contributed by atoms with Crippen molar-refractivity contribution in [2.24, 2.45) is 0 Å². The number of nitrogens with one attached hydrogen (secondary N) is 1. The predicted octanol–water partition coefficient (Wildman–Crippen LogP) is 4.83. The molecule has 0 bridgehead atoms. The van der Waals surface area contributed by atoms with E-state index in [-0.39, 0.29) is 0 Å². The maximum atomic E-state index is 4.80. The van der Waals surface area contributed by atoms with Crippen molar-refractivity contribution in [1.82, 2.24) is 9.97 Å². The Balaban J connectivity index is 1.89. The van der Waals surface area contributed by atoms with Gasteiger partial charge in [-0.05, 0) is 51.7 Å². The van der Waals surface area contributed by atoms with Crippen molar-refractivity contribution in [3.8, 4) is 0 Å². The van der Waals surface area contributed by atoms with E-state index in [4.69, 9.17) is 4.98 Å². The summed E-state index contributed by atoms with van der Waals surface area (Å²) in [7, 11) is 0. The lowest BCUT2D eigenvalue weighted by molar-refractivity contribution is 0.726. The first kappa shape index (κ1) is 16.7. The molecule has 1 N–H and O–H groups in total. The molecule has 1 aromatic carbocycles. The van der Waals surface area contributed by atoms with Crippen molar-refractivity contribution in [2.75, 3.05) is 23.3 Å². The van der Waals surface area contributed by atoms with E-state index >= 15 is 0 Å². The zero-order valence-corrected chi connectivity index (χ0v) is 15.3. The van der Waals surface area contributed by atoms with Gasteiger partial charge in [-0.2, -0.15) is 4.98 Å². The zero-order chi connectivity index (χ0) is 17.1. The van der Waals surface area contributed by atoms with Crippen molar-refractivity contribution in [3.63, 3.8) is 0 Å². The highest BCUT2D eigenvalue weighted by Gasteiger charge is 2.14. The summed E-state index contributed by atoms with van der Waals surface area (Å²) in [5, 5.41) is 3.45. The molecule has 128 valence electrons.